The third kappa shape index (κ3) is 3.16. The zero-order valence-corrected chi connectivity index (χ0v) is 15.6. The molecule has 2 amide bonds. The van der Waals surface area contributed by atoms with E-state index in [0.29, 0.717) is 17.8 Å². The van der Waals surface area contributed by atoms with E-state index in [1.807, 2.05) is 23.1 Å². The van der Waals surface area contributed by atoms with Gasteiger partial charge in [0.25, 0.3) is 0 Å². The number of fused-ring (bicyclic) bond motifs is 1. The van der Waals surface area contributed by atoms with Crippen molar-refractivity contribution in [3.8, 4) is 0 Å². The van der Waals surface area contributed by atoms with Crippen molar-refractivity contribution in [3.05, 3.63) is 59.7 Å². The molecule has 0 bridgehead atoms. The Morgan fingerprint density at radius 3 is 2.89 bits per heavy atom. The van der Waals surface area contributed by atoms with E-state index in [2.05, 4.69) is 22.9 Å². The summed E-state index contributed by atoms with van der Waals surface area (Å²) in [5.74, 6) is 0.658. The minimum absolute atomic E-state index is 0.0566. The Kier molecular flexibility index (Phi) is 4.56. The molecule has 0 spiro atoms. The van der Waals surface area contributed by atoms with Crippen molar-refractivity contribution >= 4 is 22.8 Å². The average Bonchev–Trinajstić information content (AvgIpc) is 3.28. The normalized spacial score (nSPS) is 16.9. The van der Waals surface area contributed by atoms with Crippen LogP contribution in [0.1, 0.15) is 37.2 Å². The lowest BCUT2D eigenvalue weighted by Gasteiger charge is -2.25. The van der Waals surface area contributed by atoms with E-state index in [4.69, 9.17) is 4.98 Å². The molecule has 4 rings (SSSR count). The summed E-state index contributed by atoms with van der Waals surface area (Å²) in [4.78, 5) is 19.6. The number of aryl methyl sites for hydroxylation is 2. The van der Waals surface area contributed by atoms with Crippen LogP contribution in [-0.4, -0.2) is 27.0 Å². The first-order valence-electron chi connectivity index (χ1n) is 9.37. The second kappa shape index (κ2) is 7.02. The van der Waals surface area contributed by atoms with Gasteiger partial charge in [-0.3, -0.25) is 0 Å². The fourth-order valence-electron chi connectivity index (χ4n) is 3.88. The van der Waals surface area contributed by atoms with Gasteiger partial charge in [0.05, 0.1) is 17.1 Å². The van der Waals surface area contributed by atoms with Crippen LogP contribution in [0.15, 0.2) is 42.5 Å². The molecular formula is C21H23FN4O. The number of likely N-dealkylation sites (tertiary alicyclic amines) is 1. The lowest BCUT2D eigenvalue weighted by Crippen LogP contribution is -2.35. The zero-order chi connectivity index (χ0) is 19.0. The van der Waals surface area contributed by atoms with Crippen LogP contribution in [0, 0.1) is 12.7 Å². The summed E-state index contributed by atoms with van der Waals surface area (Å²) in [5.41, 5.74) is 3.17. The van der Waals surface area contributed by atoms with Gasteiger partial charge in [0.2, 0.25) is 0 Å². The summed E-state index contributed by atoms with van der Waals surface area (Å²) in [6.45, 7) is 5.27. The van der Waals surface area contributed by atoms with Crippen LogP contribution >= 0.6 is 0 Å². The molecular weight excluding hydrogens is 343 g/mol. The summed E-state index contributed by atoms with van der Waals surface area (Å²) in [5, 5.41) is 2.91. The summed E-state index contributed by atoms with van der Waals surface area (Å²) in [6.07, 6.45) is 1.83. The lowest BCUT2D eigenvalue weighted by molar-refractivity contribution is 0.204. The van der Waals surface area contributed by atoms with Gasteiger partial charge in [-0.1, -0.05) is 12.1 Å². The predicted octanol–water partition coefficient (Wildman–Crippen LogP) is 4.87. The smallest absolute Gasteiger partial charge is 0.322 e. The Morgan fingerprint density at radius 2 is 2.11 bits per heavy atom. The number of rotatable bonds is 3. The Labute approximate surface area is 157 Å². The summed E-state index contributed by atoms with van der Waals surface area (Å²) >= 11 is 0. The number of nitrogens with zero attached hydrogens (tertiary/aromatic N) is 3. The predicted molar refractivity (Wildman–Crippen MR) is 104 cm³/mol. The van der Waals surface area contributed by atoms with Crippen molar-refractivity contribution in [2.75, 3.05) is 11.9 Å². The molecule has 27 heavy (non-hydrogen) atoms. The van der Waals surface area contributed by atoms with Crippen molar-refractivity contribution < 1.29 is 9.18 Å². The maximum absolute atomic E-state index is 13.5. The van der Waals surface area contributed by atoms with Gasteiger partial charge in [0, 0.05) is 18.8 Å². The number of carbonyl (C=O) groups excluding carboxylic acids is 1. The molecule has 0 saturated carbocycles. The van der Waals surface area contributed by atoms with Gasteiger partial charge in [0.1, 0.15) is 11.6 Å². The van der Waals surface area contributed by atoms with Crippen molar-refractivity contribution in [1.82, 2.24) is 14.5 Å². The summed E-state index contributed by atoms with van der Waals surface area (Å²) in [7, 11) is 0. The Bertz CT molecular complexity index is 997. The van der Waals surface area contributed by atoms with Crippen molar-refractivity contribution in [3.63, 3.8) is 0 Å². The molecule has 1 fully saturated rings. The molecule has 1 aliphatic rings. The molecule has 2 aromatic carbocycles. The Hall–Kier alpha value is -2.89. The van der Waals surface area contributed by atoms with E-state index in [1.165, 1.54) is 6.07 Å². The maximum atomic E-state index is 13.5. The molecule has 1 aliphatic heterocycles. The van der Waals surface area contributed by atoms with E-state index in [9.17, 15) is 9.18 Å². The second-order valence-electron chi connectivity index (χ2n) is 6.95. The van der Waals surface area contributed by atoms with Crippen molar-refractivity contribution in [2.24, 2.45) is 0 Å². The number of hydrogen-bond donors (Lipinski definition) is 1. The van der Waals surface area contributed by atoms with Crippen LogP contribution in [0.4, 0.5) is 14.9 Å². The highest BCUT2D eigenvalue weighted by Gasteiger charge is 2.33. The minimum Gasteiger partial charge on any atom is -0.327 e. The number of halogens is 1. The van der Waals surface area contributed by atoms with Crippen LogP contribution in [0.25, 0.3) is 11.0 Å². The van der Waals surface area contributed by atoms with E-state index in [0.717, 1.165) is 36.2 Å². The largest absolute Gasteiger partial charge is 0.327 e. The first-order chi connectivity index (χ1) is 13.1. The van der Waals surface area contributed by atoms with Gasteiger partial charge in [-0.15, -0.1) is 0 Å². The SMILES string of the molecule is CCn1c(C2CCCN2C(=O)Nc2ccc(F)c(C)c2)nc2ccccc21. The Balaban J connectivity index is 1.62. The molecule has 2 heterocycles. The number of carbonyl (C=O) groups is 1. The molecule has 0 radical (unpaired) electrons. The quantitative estimate of drug-likeness (QED) is 0.719. The minimum atomic E-state index is -0.274. The highest BCUT2D eigenvalue weighted by molar-refractivity contribution is 5.90. The van der Waals surface area contributed by atoms with Gasteiger partial charge in [0.15, 0.2) is 0 Å². The molecule has 1 aromatic heterocycles. The molecule has 140 valence electrons. The lowest BCUT2D eigenvalue weighted by atomic mass is 10.2. The molecule has 1 atom stereocenters. The number of benzene rings is 2. The van der Waals surface area contributed by atoms with Crippen LogP contribution in [0.2, 0.25) is 0 Å². The van der Waals surface area contributed by atoms with Crippen LogP contribution in [0.5, 0.6) is 0 Å². The first-order valence-corrected chi connectivity index (χ1v) is 9.37. The van der Waals surface area contributed by atoms with Gasteiger partial charge in [-0.05, 0) is 62.6 Å². The monoisotopic (exact) mass is 366 g/mol. The molecule has 0 aliphatic carbocycles. The van der Waals surface area contributed by atoms with Gasteiger partial charge >= 0.3 is 6.03 Å². The van der Waals surface area contributed by atoms with Gasteiger partial charge in [-0.2, -0.15) is 0 Å². The average molecular weight is 366 g/mol. The van der Waals surface area contributed by atoms with Crippen LogP contribution in [0.3, 0.4) is 0 Å². The van der Waals surface area contributed by atoms with Gasteiger partial charge < -0.3 is 14.8 Å². The maximum Gasteiger partial charge on any atom is 0.322 e. The van der Waals surface area contributed by atoms with Crippen molar-refractivity contribution in [1.29, 1.82) is 0 Å². The standard InChI is InChI=1S/C21H23FN4O/c1-3-25-18-8-5-4-7-17(18)24-20(25)19-9-6-12-26(19)21(27)23-15-10-11-16(22)14(2)13-15/h4-5,7-8,10-11,13,19H,3,6,9,12H2,1-2H3,(H,23,27). The summed E-state index contributed by atoms with van der Waals surface area (Å²) in [6, 6.07) is 12.5. The number of para-hydroxylation sites is 2. The number of hydrogen-bond acceptors (Lipinski definition) is 2. The number of amides is 2. The molecule has 1 unspecified atom stereocenters. The van der Waals surface area contributed by atoms with E-state index < -0.39 is 0 Å². The van der Waals surface area contributed by atoms with E-state index in [1.54, 1.807) is 19.1 Å². The topological polar surface area (TPSA) is 50.2 Å². The van der Waals surface area contributed by atoms with Gasteiger partial charge in [-0.25, -0.2) is 14.2 Å². The van der Waals surface area contributed by atoms with Crippen molar-refractivity contribution in [2.45, 2.75) is 39.3 Å². The fourth-order valence-corrected chi connectivity index (χ4v) is 3.88. The molecule has 3 aromatic rings. The van der Waals surface area contributed by atoms with E-state index >= 15 is 0 Å². The molecule has 5 nitrogen and oxygen atoms in total. The zero-order valence-electron chi connectivity index (χ0n) is 15.6. The van der Waals surface area contributed by atoms with Crippen LogP contribution < -0.4 is 5.32 Å². The Morgan fingerprint density at radius 1 is 1.30 bits per heavy atom. The summed E-state index contributed by atoms with van der Waals surface area (Å²) < 4.78 is 15.7. The highest BCUT2D eigenvalue weighted by Crippen LogP contribution is 2.34. The highest BCUT2D eigenvalue weighted by atomic mass is 19.1. The molecule has 1 saturated heterocycles. The number of imidazole rings is 1. The van der Waals surface area contributed by atoms with E-state index in [-0.39, 0.29) is 17.9 Å². The number of urea groups is 1. The third-order valence-corrected chi connectivity index (χ3v) is 5.22. The molecule has 1 N–H and O–H groups in total. The fraction of sp³-hybridized carbons (Fsp3) is 0.333. The third-order valence-electron chi connectivity index (χ3n) is 5.22. The first kappa shape index (κ1) is 17.5. The second-order valence-corrected chi connectivity index (χ2v) is 6.95. The number of anilines is 1. The van der Waals surface area contributed by atoms with Crippen LogP contribution in [-0.2, 0) is 6.54 Å². The molecule has 6 heteroatoms. The number of aromatic nitrogens is 2. The number of nitrogens with one attached hydrogen (secondary N) is 1.